The van der Waals surface area contributed by atoms with E-state index in [2.05, 4.69) is 40.7 Å². The van der Waals surface area contributed by atoms with Crippen molar-refractivity contribution in [1.82, 2.24) is 9.88 Å². The second-order valence-electron chi connectivity index (χ2n) is 7.39. The van der Waals surface area contributed by atoms with Crippen LogP contribution >= 0.6 is 39.1 Å². The van der Waals surface area contributed by atoms with Crippen molar-refractivity contribution in [2.45, 2.75) is 39.5 Å². The molecule has 0 atom stereocenters. The van der Waals surface area contributed by atoms with Crippen molar-refractivity contribution >= 4 is 44.7 Å². The summed E-state index contributed by atoms with van der Waals surface area (Å²) in [6, 6.07) is 4.11. The third-order valence-electron chi connectivity index (χ3n) is 5.93. The Kier molecular flexibility index (Phi) is 5.67. The highest BCUT2D eigenvalue weighted by molar-refractivity contribution is 9.10. The fourth-order valence-corrected chi connectivity index (χ4v) is 5.33. The Morgan fingerprint density at radius 3 is 2.52 bits per heavy atom. The number of benzene rings is 1. The number of piperidine rings is 1. The molecular formula is C22H23BrCl2N2. The van der Waals surface area contributed by atoms with Gasteiger partial charge in [-0.25, -0.2) is 0 Å². The number of pyridine rings is 1. The van der Waals surface area contributed by atoms with E-state index in [-0.39, 0.29) is 0 Å². The van der Waals surface area contributed by atoms with Crippen LogP contribution in [0.5, 0.6) is 0 Å². The second kappa shape index (κ2) is 7.87. The number of nitrogens with zero attached hydrogens (tertiary/aromatic N) is 2. The molecule has 2 aromatic rings. The monoisotopic (exact) mass is 464 g/mol. The molecule has 4 rings (SSSR count). The van der Waals surface area contributed by atoms with Crippen LogP contribution in [-0.2, 0) is 12.8 Å². The predicted molar refractivity (Wildman–Crippen MR) is 118 cm³/mol. The zero-order valence-electron chi connectivity index (χ0n) is 15.7. The number of hydrogen-bond donors (Lipinski definition) is 0. The van der Waals surface area contributed by atoms with Crippen LogP contribution in [0.2, 0.25) is 10.0 Å². The van der Waals surface area contributed by atoms with Crippen molar-refractivity contribution in [3.63, 3.8) is 0 Å². The smallest absolute Gasteiger partial charge is 0.0741 e. The van der Waals surface area contributed by atoms with Crippen molar-refractivity contribution < 1.29 is 0 Å². The Morgan fingerprint density at radius 1 is 1.07 bits per heavy atom. The zero-order chi connectivity index (χ0) is 19.1. The predicted octanol–water partition coefficient (Wildman–Crippen LogP) is 6.48. The molecule has 2 nitrogen and oxygen atoms in total. The van der Waals surface area contributed by atoms with Crippen LogP contribution in [-0.4, -0.2) is 29.5 Å². The summed E-state index contributed by atoms with van der Waals surface area (Å²) in [4.78, 5) is 7.36. The standard InChI is InChI=1S/C22H23BrCl2N2/c1-3-27-8-6-14(7-9-27)20-21-17(13(2)18(24)11-19(21)25)5-4-15-10-16(23)12-26-22(15)20/h10-12H,3-9H2,1-2H3. The minimum Gasteiger partial charge on any atom is -0.303 e. The summed E-state index contributed by atoms with van der Waals surface area (Å²) >= 11 is 16.9. The van der Waals surface area contributed by atoms with Crippen LogP contribution in [0.3, 0.4) is 0 Å². The number of likely N-dealkylation sites (tertiary alicyclic amines) is 1. The maximum Gasteiger partial charge on any atom is 0.0741 e. The fraction of sp³-hybridized carbons (Fsp3) is 0.409. The lowest BCUT2D eigenvalue weighted by Crippen LogP contribution is -2.30. The fourth-order valence-electron chi connectivity index (χ4n) is 4.36. The van der Waals surface area contributed by atoms with E-state index in [1.807, 2.05) is 12.3 Å². The number of aryl methyl sites for hydroxylation is 1. The van der Waals surface area contributed by atoms with Gasteiger partial charge in [-0.2, -0.15) is 0 Å². The van der Waals surface area contributed by atoms with E-state index >= 15 is 0 Å². The number of aromatic nitrogens is 1. The number of halogens is 3. The second-order valence-corrected chi connectivity index (χ2v) is 9.12. The Balaban J connectivity index is 1.98. The molecule has 0 radical (unpaired) electrons. The van der Waals surface area contributed by atoms with Gasteiger partial charge in [0, 0.05) is 39.9 Å². The molecule has 1 saturated heterocycles. The maximum absolute atomic E-state index is 6.79. The molecule has 27 heavy (non-hydrogen) atoms. The average Bonchev–Trinajstić information content (AvgIpc) is 2.83. The molecular weight excluding hydrogens is 443 g/mol. The maximum atomic E-state index is 6.79. The number of fused-ring (bicyclic) bond motifs is 2. The highest BCUT2D eigenvalue weighted by atomic mass is 79.9. The molecule has 5 heteroatoms. The molecule has 1 aliphatic carbocycles. The van der Waals surface area contributed by atoms with Gasteiger partial charge in [0.05, 0.1) is 10.7 Å². The largest absolute Gasteiger partial charge is 0.303 e. The number of rotatable bonds is 1. The van der Waals surface area contributed by atoms with Crippen LogP contribution in [0, 0.1) is 6.92 Å². The summed E-state index contributed by atoms with van der Waals surface area (Å²) in [5.41, 5.74) is 8.70. The van der Waals surface area contributed by atoms with Crippen LogP contribution in [0.25, 0.3) is 5.57 Å². The summed E-state index contributed by atoms with van der Waals surface area (Å²) in [7, 11) is 0. The molecule has 142 valence electrons. The molecule has 0 spiro atoms. The molecule has 1 aliphatic heterocycles. The van der Waals surface area contributed by atoms with Gasteiger partial charge in [-0.05, 0) is 83.9 Å². The SMILES string of the molecule is CCN1CCC(=C2c3ncc(Br)cc3CCc3c(C)c(Cl)cc(Cl)c32)CC1. The number of hydrogen-bond acceptors (Lipinski definition) is 2. The quantitative estimate of drug-likeness (QED) is 0.479. The van der Waals surface area contributed by atoms with Gasteiger partial charge in [0.25, 0.3) is 0 Å². The Labute approximate surface area is 179 Å². The van der Waals surface area contributed by atoms with Gasteiger partial charge in [-0.3, -0.25) is 4.98 Å². The molecule has 2 aliphatic rings. The lowest BCUT2D eigenvalue weighted by atomic mass is 9.87. The third kappa shape index (κ3) is 3.60. The van der Waals surface area contributed by atoms with Gasteiger partial charge in [0.1, 0.15) is 0 Å². The topological polar surface area (TPSA) is 16.1 Å². The van der Waals surface area contributed by atoms with E-state index < -0.39 is 0 Å². The summed E-state index contributed by atoms with van der Waals surface area (Å²) in [6.45, 7) is 7.65. The Bertz CT molecular complexity index is 926. The molecule has 0 unspecified atom stereocenters. The minimum absolute atomic E-state index is 0.749. The highest BCUT2D eigenvalue weighted by Crippen LogP contribution is 2.43. The highest BCUT2D eigenvalue weighted by Gasteiger charge is 2.28. The summed E-state index contributed by atoms with van der Waals surface area (Å²) in [5.74, 6) is 0. The van der Waals surface area contributed by atoms with Crippen molar-refractivity contribution in [3.8, 4) is 0 Å². The van der Waals surface area contributed by atoms with Gasteiger partial charge in [0.2, 0.25) is 0 Å². The molecule has 0 saturated carbocycles. The molecule has 1 aromatic carbocycles. The van der Waals surface area contributed by atoms with Crippen LogP contribution in [0.4, 0.5) is 0 Å². The molecule has 1 fully saturated rings. The molecule has 0 amide bonds. The Morgan fingerprint density at radius 2 is 1.81 bits per heavy atom. The van der Waals surface area contributed by atoms with E-state index in [1.54, 1.807) is 0 Å². The van der Waals surface area contributed by atoms with Gasteiger partial charge in [-0.15, -0.1) is 0 Å². The molecule has 0 bridgehead atoms. The van der Waals surface area contributed by atoms with Crippen molar-refractivity contribution in [2.24, 2.45) is 0 Å². The molecule has 1 aromatic heterocycles. The minimum atomic E-state index is 0.749. The van der Waals surface area contributed by atoms with E-state index in [9.17, 15) is 0 Å². The van der Waals surface area contributed by atoms with Gasteiger partial charge in [0.15, 0.2) is 0 Å². The molecule has 2 heterocycles. The molecule has 0 N–H and O–H groups in total. The van der Waals surface area contributed by atoms with Crippen LogP contribution < -0.4 is 0 Å². The van der Waals surface area contributed by atoms with Crippen molar-refractivity contribution in [2.75, 3.05) is 19.6 Å². The lowest BCUT2D eigenvalue weighted by Gasteiger charge is -2.29. The van der Waals surface area contributed by atoms with E-state index in [0.29, 0.717) is 0 Å². The normalized spacial score (nSPS) is 17.5. The van der Waals surface area contributed by atoms with Crippen molar-refractivity contribution in [1.29, 1.82) is 0 Å². The average molecular weight is 466 g/mol. The van der Waals surface area contributed by atoms with Gasteiger partial charge >= 0.3 is 0 Å². The summed E-state index contributed by atoms with van der Waals surface area (Å²) in [5, 5.41) is 1.50. The van der Waals surface area contributed by atoms with E-state index in [1.165, 1.54) is 22.3 Å². The van der Waals surface area contributed by atoms with Crippen LogP contribution in [0.1, 0.15) is 47.7 Å². The Hall–Kier alpha value is -0.870. The first-order chi connectivity index (χ1) is 13.0. The first-order valence-electron chi connectivity index (χ1n) is 9.56. The first kappa shape index (κ1) is 19.4. The van der Waals surface area contributed by atoms with Crippen LogP contribution in [0.15, 0.2) is 28.4 Å². The third-order valence-corrected chi connectivity index (χ3v) is 7.05. The summed E-state index contributed by atoms with van der Waals surface area (Å²) < 4.78 is 1.03. The van der Waals surface area contributed by atoms with Gasteiger partial charge < -0.3 is 4.90 Å². The lowest BCUT2D eigenvalue weighted by molar-refractivity contribution is 0.270. The van der Waals surface area contributed by atoms with E-state index in [0.717, 1.165) is 76.7 Å². The zero-order valence-corrected chi connectivity index (χ0v) is 18.8. The van der Waals surface area contributed by atoms with Crippen molar-refractivity contribution in [3.05, 3.63) is 66.4 Å². The van der Waals surface area contributed by atoms with Gasteiger partial charge in [-0.1, -0.05) is 35.7 Å². The first-order valence-corrected chi connectivity index (χ1v) is 11.1. The summed E-state index contributed by atoms with van der Waals surface area (Å²) in [6.07, 6.45) is 5.92. The van der Waals surface area contributed by atoms with E-state index in [4.69, 9.17) is 28.2 Å².